The molecule has 120 valence electrons. The van der Waals surface area contributed by atoms with Crippen molar-refractivity contribution < 1.29 is 14.7 Å². The first-order chi connectivity index (χ1) is 10.2. The molecule has 2 N–H and O–H groups in total. The largest absolute Gasteiger partial charge is 0.481 e. The summed E-state index contributed by atoms with van der Waals surface area (Å²) in [5.41, 5.74) is 0. The number of aliphatic carboxylic acids is 1. The van der Waals surface area contributed by atoms with Crippen molar-refractivity contribution in [1.82, 2.24) is 15.1 Å². The summed E-state index contributed by atoms with van der Waals surface area (Å²) in [4.78, 5) is 27.2. The molecule has 0 bridgehead atoms. The maximum absolute atomic E-state index is 12.2. The number of rotatable bonds is 5. The van der Waals surface area contributed by atoms with Crippen LogP contribution in [0.3, 0.4) is 0 Å². The van der Waals surface area contributed by atoms with Gasteiger partial charge in [0.2, 0.25) is 0 Å². The molecule has 6 nitrogen and oxygen atoms in total. The molecule has 2 fully saturated rings. The van der Waals surface area contributed by atoms with Gasteiger partial charge in [-0.25, -0.2) is 4.79 Å². The van der Waals surface area contributed by atoms with Crippen LogP contribution in [0.25, 0.3) is 0 Å². The van der Waals surface area contributed by atoms with Gasteiger partial charge in [0.25, 0.3) is 0 Å². The van der Waals surface area contributed by atoms with Crippen LogP contribution >= 0.6 is 11.8 Å². The molecular weight excluding hydrogens is 290 g/mol. The second kappa shape index (κ2) is 8.48. The Balaban J connectivity index is 1.73. The van der Waals surface area contributed by atoms with E-state index in [1.165, 1.54) is 11.5 Å². The fourth-order valence-corrected chi connectivity index (χ4v) is 3.91. The minimum absolute atomic E-state index is 0.0523. The SMILES string of the molecule is O=C(O)CC1CCCCN1C(=O)NCCN1CCSCC1. The first-order valence-corrected chi connectivity index (χ1v) is 8.88. The summed E-state index contributed by atoms with van der Waals surface area (Å²) in [5.74, 6) is 1.51. The number of thioether (sulfide) groups is 1. The summed E-state index contributed by atoms with van der Waals surface area (Å²) in [6.45, 7) is 4.37. The molecule has 7 heteroatoms. The molecule has 2 aliphatic heterocycles. The summed E-state index contributed by atoms with van der Waals surface area (Å²) in [6.07, 6.45) is 2.82. The molecule has 21 heavy (non-hydrogen) atoms. The zero-order valence-corrected chi connectivity index (χ0v) is 13.2. The Labute approximate surface area is 130 Å². The lowest BCUT2D eigenvalue weighted by molar-refractivity contribution is -0.138. The van der Waals surface area contributed by atoms with Crippen molar-refractivity contribution in [3.05, 3.63) is 0 Å². The van der Waals surface area contributed by atoms with E-state index in [9.17, 15) is 9.59 Å². The van der Waals surface area contributed by atoms with Gasteiger partial charge in [0.1, 0.15) is 0 Å². The van der Waals surface area contributed by atoms with Crippen molar-refractivity contribution in [3.63, 3.8) is 0 Å². The minimum Gasteiger partial charge on any atom is -0.481 e. The number of amides is 2. The Hall–Kier alpha value is -0.950. The predicted molar refractivity (Wildman–Crippen MR) is 83.8 cm³/mol. The van der Waals surface area contributed by atoms with Gasteiger partial charge in [0.15, 0.2) is 0 Å². The number of carboxylic acid groups (broad SMARTS) is 1. The normalized spacial score (nSPS) is 23.8. The number of carboxylic acids is 1. The first kappa shape index (κ1) is 16.4. The van der Waals surface area contributed by atoms with E-state index in [2.05, 4.69) is 10.2 Å². The first-order valence-electron chi connectivity index (χ1n) is 7.73. The summed E-state index contributed by atoms with van der Waals surface area (Å²) < 4.78 is 0. The van der Waals surface area contributed by atoms with Gasteiger partial charge in [-0.3, -0.25) is 9.69 Å². The van der Waals surface area contributed by atoms with Crippen molar-refractivity contribution in [1.29, 1.82) is 0 Å². The molecule has 0 aromatic carbocycles. The molecule has 2 aliphatic rings. The fraction of sp³-hybridized carbons (Fsp3) is 0.857. The van der Waals surface area contributed by atoms with Crippen LogP contribution in [0.2, 0.25) is 0 Å². The number of hydrogen-bond acceptors (Lipinski definition) is 4. The molecule has 0 spiro atoms. The van der Waals surface area contributed by atoms with Crippen LogP contribution in [-0.2, 0) is 4.79 Å². The molecule has 0 aromatic heterocycles. The topological polar surface area (TPSA) is 72.9 Å². The average Bonchev–Trinajstić information content (AvgIpc) is 2.48. The van der Waals surface area contributed by atoms with Crippen molar-refractivity contribution in [2.45, 2.75) is 31.7 Å². The number of urea groups is 1. The van der Waals surface area contributed by atoms with E-state index in [4.69, 9.17) is 5.11 Å². The van der Waals surface area contributed by atoms with E-state index in [1.54, 1.807) is 4.90 Å². The van der Waals surface area contributed by atoms with Gasteiger partial charge in [-0.1, -0.05) is 0 Å². The van der Waals surface area contributed by atoms with E-state index < -0.39 is 5.97 Å². The number of hydrogen-bond donors (Lipinski definition) is 2. The van der Waals surface area contributed by atoms with E-state index in [0.717, 1.165) is 38.9 Å². The van der Waals surface area contributed by atoms with Crippen LogP contribution in [0.15, 0.2) is 0 Å². The third kappa shape index (κ3) is 5.39. The molecule has 2 rings (SSSR count). The lowest BCUT2D eigenvalue weighted by Gasteiger charge is -2.35. The standard InChI is InChI=1S/C14H25N3O3S/c18-13(19)11-12-3-1-2-5-17(12)14(20)15-4-6-16-7-9-21-10-8-16/h12H,1-11H2,(H,15,20)(H,18,19). The molecule has 0 radical (unpaired) electrons. The fourth-order valence-electron chi connectivity index (χ4n) is 2.93. The van der Waals surface area contributed by atoms with Crippen molar-refractivity contribution in [2.75, 3.05) is 44.2 Å². The predicted octanol–water partition coefficient (Wildman–Crippen LogP) is 1.07. The van der Waals surface area contributed by atoms with Gasteiger partial charge in [-0.15, -0.1) is 0 Å². The highest BCUT2D eigenvalue weighted by Crippen LogP contribution is 2.19. The van der Waals surface area contributed by atoms with Crippen LogP contribution in [0, 0.1) is 0 Å². The number of carbonyl (C=O) groups is 2. The van der Waals surface area contributed by atoms with Gasteiger partial charge in [-0.05, 0) is 19.3 Å². The molecule has 2 saturated heterocycles. The highest BCUT2D eigenvalue weighted by atomic mass is 32.2. The number of nitrogens with zero attached hydrogens (tertiary/aromatic N) is 2. The number of likely N-dealkylation sites (tertiary alicyclic amines) is 1. The second-order valence-corrected chi connectivity index (χ2v) is 6.85. The Morgan fingerprint density at radius 2 is 1.95 bits per heavy atom. The van der Waals surface area contributed by atoms with Gasteiger partial charge in [0.05, 0.1) is 6.42 Å². The summed E-state index contributed by atoms with van der Waals surface area (Å²) in [7, 11) is 0. The van der Waals surface area contributed by atoms with Crippen LogP contribution < -0.4 is 5.32 Å². The third-order valence-electron chi connectivity index (χ3n) is 4.11. The molecule has 0 aliphatic carbocycles. The number of carbonyl (C=O) groups excluding carboxylic acids is 1. The van der Waals surface area contributed by atoms with Crippen LogP contribution in [0.4, 0.5) is 4.79 Å². The van der Waals surface area contributed by atoms with Gasteiger partial charge in [0, 0.05) is 50.3 Å². The molecule has 2 amide bonds. The van der Waals surface area contributed by atoms with Gasteiger partial charge < -0.3 is 15.3 Å². The third-order valence-corrected chi connectivity index (χ3v) is 5.05. The van der Waals surface area contributed by atoms with E-state index in [0.29, 0.717) is 13.1 Å². The van der Waals surface area contributed by atoms with Crippen molar-refractivity contribution >= 4 is 23.8 Å². The zero-order chi connectivity index (χ0) is 15.1. The number of nitrogens with one attached hydrogen (secondary N) is 1. The monoisotopic (exact) mass is 315 g/mol. The second-order valence-electron chi connectivity index (χ2n) is 5.63. The summed E-state index contributed by atoms with van der Waals surface area (Å²) in [5, 5.41) is 11.9. The zero-order valence-electron chi connectivity index (χ0n) is 12.4. The Kier molecular flexibility index (Phi) is 6.63. The molecule has 1 unspecified atom stereocenters. The smallest absolute Gasteiger partial charge is 0.317 e. The highest BCUT2D eigenvalue weighted by molar-refractivity contribution is 7.99. The molecule has 0 saturated carbocycles. The lowest BCUT2D eigenvalue weighted by atomic mass is 10.00. The maximum Gasteiger partial charge on any atom is 0.317 e. The quantitative estimate of drug-likeness (QED) is 0.794. The minimum atomic E-state index is -0.828. The average molecular weight is 315 g/mol. The van der Waals surface area contributed by atoms with Gasteiger partial charge >= 0.3 is 12.0 Å². The molecule has 2 heterocycles. The molecule has 0 aromatic rings. The molecular formula is C14H25N3O3S. The van der Waals surface area contributed by atoms with Crippen molar-refractivity contribution in [2.24, 2.45) is 0 Å². The molecule has 1 atom stereocenters. The maximum atomic E-state index is 12.2. The Morgan fingerprint density at radius 3 is 2.67 bits per heavy atom. The van der Waals surface area contributed by atoms with E-state index >= 15 is 0 Å². The summed E-state index contributed by atoms with van der Waals surface area (Å²) in [6, 6.07) is -0.255. The lowest BCUT2D eigenvalue weighted by Crippen LogP contribution is -2.50. The van der Waals surface area contributed by atoms with Gasteiger partial charge in [-0.2, -0.15) is 11.8 Å². The van der Waals surface area contributed by atoms with Crippen molar-refractivity contribution in [3.8, 4) is 0 Å². The summed E-state index contributed by atoms with van der Waals surface area (Å²) >= 11 is 1.97. The van der Waals surface area contributed by atoms with E-state index in [-0.39, 0.29) is 18.5 Å². The highest BCUT2D eigenvalue weighted by Gasteiger charge is 2.28. The van der Waals surface area contributed by atoms with Crippen LogP contribution in [-0.4, -0.2) is 77.2 Å². The van der Waals surface area contributed by atoms with E-state index in [1.807, 2.05) is 11.8 Å². The number of piperidine rings is 1. The Bertz CT molecular complexity index is 361. The van der Waals surface area contributed by atoms with Crippen LogP contribution in [0.5, 0.6) is 0 Å². The Morgan fingerprint density at radius 1 is 1.19 bits per heavy atom. The van der Waals surface area contributed by atoms with Crippen LogP contribution in [0.1, 0.15) is 25.7 Å².